The van der Waals surface area contributed by atoms with Crippen LogP contribution >= 0.6 is 24.8 Å². The van der Waals surface area contributed by atoms with Crippen molar-refractivity contribution in [3.05, 3.63) is 51.4 Å². The zero-order valence-electron chi connectivity index (χ0n) is 17.5. The number of hydrogen-bond donors (Lipinski definition) is 2. The Labute approximate surface area is 188 Å². The van der Waals surface area contributed by atoms with Gasteiger partial charge in [-0.05, 0) is 29.2 Å². The molecule has 9 heteroatoms. The Bertz CT molecular complexity index is 1100. The fourth-order valence-corrected chi connectivity index (χ4v) is 3.72. The van der Waals surface area contributed by atoms with Gasteiger partial charge in [0.05, 0.1) is 18.0 Å². The van der Waals surface area contributed by atoms with Gasteiger partial charge in [0.15, 0.2) is 0 Å². The molecule has 2 aromatic heterocycles. The molecule has 3 aromatic rings. The second-order valence-electron chi connectivity index (χ2n) is 7.38. The number of ether oxygens (including phenoxy) is 1. The summed E-state index contributed by atoms with van der Waals surface area (Å²) in [5.74, 6) is 2.37. The first-order valence-electron chi connectivity index (χ1n) is 9.53. The number of aromatic nitrogens is 3. The SMILES string of the molecule is CNc1ccc2c(n1)CCN(c1nc3cc(OC)cc(C(C)C)c3c(=O)[nH]1)C2.Cl.Cl. The van der Waals surface area contributed by atoms with Gasteiger partial charge in [0, 0.05) is 38.3 Å². The smallest absolute Gasteiger partial charge is 0.260 e. The minimum atomic E-state index is -0.110. The maximum absolute atomic E-state index is 12.9. The molecule has 0 bridgehead atoms. The number of hydrogen-bond acceptors (Lipinski definition) is 6. The number of nitrogens with one attached hydrogen (secondary N) is 2. The molecule has 0 fully saturated rings. The summed E-state index contributed by atoms with van der Waals surface area (Å²) in [6.07, 6.45) is 0.807. The van der Waals surface area contributed by atoms with Crippen LogP contribution in [0, 0.1) is 0 Å². The van der Waals surface area contributed by atoms with Crippen LogP contribution in [0.15, 0.2) is 29.1 Å². The van der Waals surface area contributed by atoms with Crippen molar-refractivity contribution in [2.45, 2.75) is 32.7 Å². The standard InChI is InChI=1S/C21H25N5O2.2ClH/c1-12(2)15-9-14(28-4)10-17-19(15)20(27)25-21(24-17)26-8-7-16-13(11-26)5-6-18(22-3)23-16;;/h5-6,9-10,12H,7-8,11H2,1-4H3,(H,22,23)(H,24,25,27);2*1H. The predicted molar refractivity (Wildman–Crippen MR) is 126 cm³/mol. The number of fused-ring (bicyclic) bond motifs is 2. The first-order chi connectivity index (χ1) is 13.5. The van der Waals surface area contributed by atoms with Gasteiger partial charge in [0.2, 0.25) is 5.95 Å². The van der Waals surface area contributed by atoms with Crippen molar-refractivity contribution in [1.82, 2.24) is 15.0 Å². The molecule has 162 valence electrons. The van der Waals surface area contributed by atoms with Crippen LogP contribution in [0.2, 0.25) is 0 Å². The fourth-order valence-electron chi connectivity index (χ4n) is 3.72. The molecule has 1 aromatic carbocycles. The van der Waals surface area contributed by atoms with Gasteiger partial charge in [-0.1, -0.05) is 19.9 Å². The average Bonchev–Trinajstić information content (AvgIpc) is 2.71. The molecule has 0 radical (unpaired) electrons. The summed E-state index contributed by atoms with van der Waals surface area (Å²) >= 11 is 0. The van der Waals surface area contributed by atoms with Gasteiger partial charge in [0.25, 0.3) is 5.56 Å². The summed E-state index contributed by atoms with van der Waals surface area (Å²) in [6, 6.07) is 7.81. The van der Waals surface area contributed by atoms with E-state index < -0.39 is 0 Å². The predicted octanol–water partition coefficient (Wildman–Crippen LogP) is 3.90. The monoisotopic (exact) mass is 451 g/mol. The highest BCUT2D eigenvalue weighted by Crippen LogP contribution is 2.29. The van der Waals surface area contributed by atoms with Crippen LogP contribution in [0.5, 0.6) is 5.75 Å². The molecule has 0 saturated heterocycles. The Kier molecular flexibility index (Phi) is 7.55. The van der Waals surface area contributed by atoms with Crippen molar-refractivity contribution < 1.29 is 4.74 Å². The summed E-state index contributed by atoms with van der Waals surface area (Å²) < 4.78 is 5.43. The van der Waals surface area contributed by atoms with Crippen LogP contribution in [-0.2, 0) is 13.0 Å². The van der Waals surface area contributed by atoms with E-state index in [0.29, 0.717) is 29.1 Å². The molecule has 4 rings (SSSR count). The number of pyridine rings is 1. The van der Waals surface area contributed by atoms with E-state index in [0.717, 1.165) is 35.6 Å². The summed E-state index contributed by atoms with van der Waals surface area (Å²) in [7, 11) is 3.50. The Morgan fingerprint density at radius 2 is 1.97 bits per heavy atom. The van der Waals surface area contributed by atoms with Crippen molar-refractivity contribution in [2.24, 2.45) is 0 Å². The topological polar surface area (TPSA) is 83.1 Å². The third-order valence-electron chi connectivity index (χ3n) is 5.26. The molecule has 3 heterocycles. The molecule has 1 aliphatic rings. The summed E-state index contributed by atoms with van der Waals surface area (Å²) in [5.41, 5.74) is 3.75. The maximum atomic E-state index is 12.9. The molecule has 0 unspecified atom stereocenters. The van der Waals surface area contributed by atoms with E-state index >= 15 is 0 Å². The van der Waals surface area contributed by atoms with Crippen molar-refractivity contribution in [3.8, 4) is 5.75 Å². The van der Waals surface area contributed by atoms with Gasteiger partial charge >= 0.3 is 0 Å². The lowest BCUT2D eigenvalue weighted by Gasteiger charge is -2.29. The number of H-pyrrole nitrogens is 1. The Morgan fingerprint density at radius 3 is 2.63 bits per heavy atom. The van der Waals surface area contributed by atoms with E-state index in [4.69, 9.17) is 9.72 Å². The number of nitrogens with zero attached hydrogens (tertiary/aromatic N) is 3. The lowest BCUT2D eigenvalue weighted by molar-refractivity contribution is 0.414. The highest BCUT2D eigenvalue weighted by atomic mass is 35.5. The normalized spacial score (nSPS) is 12.8. The summed E-state index contributed by atoms with van der Waals surface area (Å²) in [4.78, 5) is 27.4. The molecule has 0 spiro atoms. The lowest BCUT2D eigenvalue weighted by atomic mass is 9.98. The van der Waals surface area contributed by atoms with Crippen molar-refractivity contribution >= 4 is 47.5 Å². The number of methoxy groups -OCH3 is 1. The second kappa shape index (κ2) is 9.53. The number of rotatable bonds is 4. The Hall–Kier alpha value is -2.51. The molecular weight excluding hydrogens is 425 g/mol. The number of anilines is 2. The molecule has 30 heavy (non-hydrogen) atoms. The average molecular weight is 452 g/mol. The molecule has 0 aliphatic carbocycles. The van der Waals surface area contributed by atoms with Crippen molar-refractivity contribution in [1.29, 1.82) is 0 Å². The highest BCUT2D eigenvalue weighted by molar-refractivity contribution is 5.86. The molecule has 1 aliphatic heterocycles. The largest absolute Gasteiger partial charge is 0.497 e. The third-order valence-corrected chi connectivity index (χ3v) is 5.26. The lowest BCUT2D eigenvalue weighted by Crippen LogP contribution is -2.33. The quantitative estimate of drug-likeness (QED) is 0.625. The molecule has 0 saturated carbocycles. The second-order valence-corrected chi connectivity index (χ2v) is 7.38. The van der Waals surface area contributed by atoms with Crippen molar-refractivity contribution in [3.63, 3.8) is 0 Å². The zero-order valence-corrected chi connectivity index (χ0v) is 19.1. The van der Waals surface area contributed by atoms with Crippen LogP contribution in [-0.4, -0.2) is 35.7 Å². The minimum absolute atomic E-state index is 0. The number of halogens is 2. The van der Waals surface area contributed by atoms with Crippen LogP contribution in [0.3, 0.4) is 0 Å². The van der Waals surface area contributed by atoms with Gasteiger partial charge < -0.3 is 15.0 Å². The van der Waals surface area contributed by atoms with Crippen LogP contribution < -0.4 is 20.5 Å². The minimum Gasteiger partial charge on any atom is -0.497 e. The van der Waals surface area contributed by atoms with E-state index in [2.05, 4.69) is 40.1 Å². The molecule has 2 N–H and O–H groups in total. The molecular formula is C21H27Cl2N5O2. The van der Waals surface area contributed by atoms with Gasteiger partial charge in [-0.15, -0.1) is 24.8 Å². The van der Waals surface area contributed by atoms with E-state index in [1.54, 1.807) is 7.11 Å². The first kappa shape index (κ1) is 23.8. The van der Waals surface area contributed by atoms with Gasteiger partial charge in [-0.25, -0.2) is 9.97 Å². The zero-order chi connectivity index (χ0) is 19.8. The number of aromatic amines is 1. The highest BCUT2D eigenvalue weighted by Gasteiger charge is 2.21. The van der Waals surface area contributed by atoms with E-state index in [9.17, 15) is 4.79 Å². The van der Waals surface area contributed by atoms with E-state index in [-0.39, 0.29) is 36.3 Å². The van der Waals surface area contributed by atoms with Gasteiger partial charge in [0.1, 0.15) is 11.6 Å². The van der Waals surface area contributed by atoms with E-state index in [1.165, 1.54) is 0 Å². The summed E-state index contributed by atoms with van der Waals surface area (Å²) in [6.45, 7) is 5.55. The van der Waals surface area contributed by atoms with Crippen LogP contribution in [0.1, 0.15) is 36.6 Å². The Balaban J connectivity index is 0.00000160. The molecule has 7 nitrogen and oxygen atoms in total. The van der Waals surface area contributed by atoms with Gasteiger partial charge in [-0.2, -0.15) is 0 Å². The van der Waals surface area contributed by atoms with E-state index in [1.807, 2.05) is 25.2 Å². The first-order valence-corrected chi connectivity index (χ1v) is 9.53. The molecule has 0 atom stereocenters. The molecule has 0 amide bonds. The van der Waals surface area contributed by atoms with Crippen molar-refractivity contribution in [2.75, 3.05) is 30.9 Å². The third kappa shape index (κ3) is 4.32. The fraction of sp³-hybridized carbons (Fsp3) is 0.381. The van der Waals surface area contributed by atoms with Crippen LogP contribution in [0.25, 0.3) is 10.9 Å². The van der Waals surface area contributed by atoms with Gasteiger partial charge in [-0.3, -0.25) is 9.78 Å². The Morgan fingerprint density at radius 1 is 1.20 bits per heavy atom. The summed E-state index contributed by atoms with van der Waals surface area (Å²) in [5, 5.41) is 3.71. The van der Waals surface area contributed by atoms with Crippen LogP contribution in [0.4, 0.5) is 11.8 Å². The maximum Gasteiger partial charge on any atom is 0.260 e. The number of benzene rings is 1.